The van der Waals surface area contributed by atoms with Gasteiger partial charge in [0.25, 0.3) is 0 Å². The second-order valence-electron chi connectivity index (χ2n) is 9.84. The fraction of sp³-hybridized carbons (Fsp3) is 0.481. The molecule has 0 spiro atoms. The zero-order chi connectivity index (χ0) is 27.3. The van der Waals surface area contributed by atoms with Crippen LogP contribution in [0.1, 0.15) is 55.7 Å². The summed E-state index contributed by atoms with van der Waals surface area (Å²) in [4.78, 5) is 28.4. The Balaban J connectivity index is 1.92. The van der Waals surface area contributed by atoms with E-state index in [0.29, 0.717) is 21.3 Å². The van der Waals surface area contributed by atoms with Crippen molar-refractivity contribution < 1.29 is 18.0 Å². The SMILES string of the molecule is Cc1ccc(N(CC(=O)N(Cc2ccc(Cl)cc2Cl)[C@H](C)C(=O)NC2CCCCC2)S(C)(=O)=O)c(C)c1. The molecule has 1 aliphatic rings. The second-order valence-corrected chi connectivity index (χ2v) is 12.6. The lowest BCUT2D eigenvalue weighted by atomic mass is 9.95. The summed E-state index contributed by atoms with van der Waals surface area (Å²) < 4.78 is 26.7. The number of aryl methyl sites for hydroxylation is 2. The van der Waals surface area contributed by atoms with Gasteiger partial charge in [-0.1, -0.05) is 66.2 Å². The molecule has 37 heavy (non-hydrogen) atoms. The van der Waals surface area contributed by atoms with E-state index in [1.807, 2.05) is 13.0 Å². The van der Waals surface area contributed by atoms with Crippen LogP contribution in [0.15, 0.2) is 36.4 Å². The van der Waals surface area contributed by atoms with Crippen LogP contribution >= 0.6 is 23.2 Å². The number of amides is 2. The van der Waals surface area contributed by atoms with Gasteiger partial charge in [-0.2, -0.15) is 0 Å². The number of benzene rings is 2. The van der Waals surface area contributed by atoms with Crippen molar-refractivity contribution in [1.29, 1.82) is 0 Å². The molecule has 1 N–H and O–H groups in total. The molecule has 1 fully saturated rings. The molecule has 0 heterocycles. The van der Waals surface area contributed by atoms with Gasteiger partial charge in [0.1, 0.15) is 12.6 Å². The van der Waals surface area contributed by atoms with Crippen molar-refractivity contribution in [2.24, 2.45) is 0 Å². The number of nitrogens with zero attached hydrogens (tertiary/aromatic N) is 2. The Morgan fingerprint density at radius 3 is 2.32 bits per heavy atom. The molecule has 0 saturated heterocycles. The number of anilines is 1. The van der Waals surface area contributed by atoms with Gasteiger partial charge in [-0.25, -0.2) is 8.42 Å². The van der Waals surface area contributed by atoms with Crippen LogP contribution < -0.4 is 9.62 Å². The van der Waals surface area contributed by atoms with Crippen LogP contribution in [-0.4, -0.2) is 50.0 Å². The van der Waals surface area contributed by atoms with Crippen molar-refractivity contribution in [1.82, 2.24) is 10.2 Å². The first-order valence-corrected chi connectivity index (χ1v) is 15.1. The largest absolute Gasteiger partial charge is 0.352 e. The smallest absolute Gasteiger partial charge is 0.244 e. The van der Waals surface area contributed by atoms with Crippen LogP contribution in [0.3, 0.4) is 0 Å². The highest BCUT2D eigenvalue weighted by molar-refractivity contribution is 7.92. The molecule has 0 aromatic heterocycles. The molecule has 0 unspecified atom stereocenters. The molecule has 1 aliphatic carbocycles. The van der Waals surface area contributed by atoms with Crippen LogP contribution in [0.25, 0.3) is 0 Å². The minimum Gasteiger partial charge on any atom is -0.352 e. The number of rotatable bonds is 9. The fourth-order valence-corrected chi connectivity index (χ4v) is 6.04. The lowest BCUT2D eigenvalue weighted by molar-refractivity contribution is -0.139. The predicted molar refractivity (Wildman–Crippen MR) is 150 cm³/mol. The molecule has 0 radical (unpaired) electrons. The Bertz CT molecular complexity index is 1250. The van der Waals surface area contributed by atoms with Crippen molar-refractivity contribution in [2.75, 3.05) is 17.1 Å². The molecule has 2 amide bonds. The van der Waals surface area contributed by atoms with Crippen LogP contribution in [0.4, 0.5) is 5.69 Å². The number of carbonyl (C=O) groups is 2. The van der Waals surface area contributed by atoms with E-state index < -0.39 is 28.5 Å². The minimum absolute atomic E-state index is 0.0264. The topological polar surface area (TPSA) is 86.8 Å². The quantitative estimate of drug-likeness (QED) is 0.448. The third kappa shape index (κ3) is 7.85. The summed E-state index contributed by atoms with van der Waals surface area (Å²) in [5.74, 6) is -0.787. The minimum atomic E-state index is -3.80. The summed E-state index contributed by atoms with van der Waals surface area (Å²) in [5.41, 5.74) is 2.74. The van der Waals surface area contributed by atoms with E-state index in [0.717, 1.165) is 53.8 Å². The predicted octanol–water partition coefficient (Wildman–Crippen LogP) is 5.24. The molecule has 7 nitrogen and oxygen atoms in total. The van der Waals surface area contributed by atoms with Crippen molar-refractivity contribution in [3.8, 4) is 0 Å². The van der Waals surface area contributed by atoms with Crippen LogP contribution in [0.5, 0.6) is 0 Å². The summed E-state index contributed by atoms with van der Waals surface area (Å²) in [5, 5.41) is 3.89. The van der Waals surface area contributed by atoms with E-state index in [1.54, 1.807) is 44.2 Å². The van der Waals surface area contributed by atoms with E-state index >= 15 is 0 Å². The van der Waals surface area contributed by atoms with Crippen molar-refractivity contribution in [3.05, 3.63) is 63.1 Å². The van der Waals surface area contributed by atoms with E-state index in [9.17, 15) is 18.0 Å². The van der Waals surface area contributed by atoms with Gasteiger partial charge in [0, 0.05) is 22.6 Å². The standard InChI is InChI=1S/C27H35Cl2N3O4S/c1-18-10-13-25(19(2)14-18)32(37(4,35)36)17-26(33)31(16-21-11-12-22(28)15-24(21)29)20(3)27(34)30-23-8-6-5-7-9-23/h10-15,20,23H,5-9,16-17H2,1-4H3,(H,30,34)/t20-/m1/s1. The Morgan fingerprint density at radius 2 is 1.73 bits per heavy atom. The maximum Gasteiger partial charge on any atom is 0.244 e. The van der Waals surface area contributed by atoms with Crippen LogP contribution in [0, 0.1) is 13.8 Å². The fourth-order valence-electron chi connectivity index (χ4n) is 4.66. The Morgan fingerprint density at radius 1 is 1.05 bits per heavy atom. The Labute approximate surface area is 230 Å². The molecule has 1 saturated carbocycles. The first-order chi connectivity index (χ1) is 17.4. The van der Waals surface area contributed by atoms with Gasteiger partial charge in [0.2, 0.25) is 21.8 Å². The molecular weight excluding hydrogens is 533 g/mol. The summed E-state index contributed by atoms with van der Waals surface area (Å²) in [6, 6.07) is 9.53. The van der Waals surface area contributed by atoms with Gasteiger partial charge in [-0.3, -0.25) is 13.9 Å². The van der Waals surface area contributed by atoms with Gasteiger partial charge in [0.15, 0.2) is 0 Å². The lowest BCUT2D eigenvalue weighted by Gasteiger charge is -2.33. The van der Waals surface area contributed by atoms with Gasteiger partial charge in [0.05, 0.1) is 11.9 Å². The first-order valence-electron chi connectivity index (χ1n) is 12.5. The van der Waals surface area contributed by atoms with E-state index in [2.05, 4.69) is 5.32 Å². The number of carbonyl (C=O) groups excluding carboxylic acids is 2. The van der Waals surface area contributed by atoms with Crippen LogP contribution in [0.2, 0.25) is 10.0 Å². The van der Waals surface area contributed by atoms with E-state index in [4.69, 9.17) is 23.2 Å². The second kappa shape index (κ2) is 12.5. The third-order valence-electron chi connectivity index (χ3n) is 6.77. The normalized spacial score (nSPS) is 15.2. The molecule has 0 bridgehead atoms. The summed E-state index contributed by atoms with van der Waals surface area (Å²) in [6.45, 7) is 4.95. The number of nitrogens with one attached hydrogen (secondary N) is 1. The molecule has 0 aliphatic heterocycles. The van der Waals surface area contributed by atoms with E-state index in [1.165, 1.54) is 4.90 Å². The summed E-state index contributed by atoms with van der Waals surface area (Å²) >= 11 is 12.4. The molecule has 3 rings (SSSR count). The molecule has 10 heteroatoms. The first kappa shape index (κ1) is 29.3. The molecule has 2 aromatic rings. The Kier molecular flexibility index (Phi) is 9.89. The van der Waals surface area contributed by atoms with Gasteiger partial charge >= 0.3 is 0 Å². The van der Waals surface area contributed by atoms with E-state index in [-0.39, 0.29) is 18.5 Å². The maximum atomic E-state index is 13.7. The number of halogens is 2. The highest BCUT2D eigenvalue weighted by atomic mass is 35.5. The molecule has 2 aromatic carbocycles. The average molecular weight is 569 g/mol. The molecule has 202 valence electrons. The molecule has 1 atom stereocenters. The number of hydrogen-bond donors (Lipinski definition) is 1. The summed E-state index contributed by atoms with van der Waals surface area (Å²) in [6.07, 6.45) is 6.15. The van der Waals surface area contributed by atoms with Crippen LogP contribution in [-0.2, 0) is 26.2 Å². The van der Waals surface area contributed by atoms with Gasteiger partial charge in [-0.05, 0) is 62.9 Å². The highest BCUT2D eigenvalue weighted by Gasteiger charge is 2.32. The average Bonchev–Trinajstić information content (AvgIpc) is 2.82. The number of sulfonamides is 1. The Hall–Kier alpha value is -2.29. The monoisotopic (exact) mass is 567 g/mol. The molecular formula is C27H35Cl2N3O4S. The van der Waals surface area contributed by atoms with Crippen molar-refractivity contribution in [2.45, 2.75) is 71.5 Å². The zero-order valence-corrected chi connectivity index (χ0v) is 24.1. The summed E-state index contributed by atoms with van der Waals surface area (Å²) in [7, 11) is -3.80. The third-order valence-corrected chi connectivity index (χ3v) is 8.49. The highest BCUT2D eigenvalue weighted by Crippen LogP contribution is 2.26. The van der Waals surface area contributed by atoms with Crippen molar-refractivity contribution in [3.63, 3.8) is 0 Å². The maximum absolute atomic E-state index is 13.7. The lowest BCUT2D eigenvalue weighted by Crippen LogP contribution is -2.53. The van der Waals surface area contributed by atoms with Crippen molar-refractivity contribution >= 4 is 50.7 Å². The zero-order valence-electron chi connectivity index (χ0n) is 21.8. The van der Waals surface area contributed by atoms with Gasteiger partial charge < -0.3 is 10.2 Å². The number of hydrogen-bond acceptors (Lipinski definition) is 4. The van der Waals surface area contributed by atoms with Gasteiger partial charge in [-0.15, -0.1) is 0 Å².